The van der Waals surface area contributed by atoms with Crippen LogP contribution in [0.15, 0.2) is 11.6 Å². The Bertz CT molecular complexity index is 233. The topological polar surface area (TPSA) is 26.3 Å². The van der Waals surface area contributed by atoms with Crippen LogP contribution in [0.3, 0.4) is 0 Å². The second-order valence-electron chi connectivity index (χ2n) is 4.87. The van der Waals surface area contributed by atoms with Crippen molar-refractivity contribution in [2.75, 3.05) is 0 Å². The van der Waals surface area contributed by atoms with Gasteiger partial charge in [0.2, 0.25) is 0 Å². The number of carbonyl (C=O) groups is 1. The highest BCUT2D eigenvalue weighted by Gasteiger charge is 2.17. The van der Waals surface area contributed by atoms with Crippen LogP contribution in [0.5, 0.6) is 0 Å². The summed E-state index contributed by atoms with van der Waals surface area (Å²) in [5.74, 6) is -0.0920. The van der Waals surface area contributed by atoms with Gasteiger partial charge in [-0.3, -0.25) is 4.79 Å². The molecule has 1 rings (SSSR count). The molecule has 0 N–H and O–H groups in total. The van der Waals surface area contributed by atoms with Gasteiger partial charge in [-0.05, 0) is 46.5 Å². The Kier molecular flexibility index (Phi) is 3.73. The first-order valence-electron chi connectivity index (χ1n) is 5.37. The van der Waals surface area contributed by atoms with Crippen molar-refractivity contribution < 1.29 is 9.53 Å². The van der Waals surface area contributed by atoms with E-state index in [0.717, 1.165) is 12.8 Å². The van der Waals surface area contributed by atoms with Crippen molar-refractivity contribution in [3.63, 3.8) is 0 Å². The molecule has 0 amide bonds. The summed E-state index contributed by atoms with van der Waals surface area (Å²) in [5.41, 5.74) is 0.900. The lowest BCUT2D eigenvalue weighted by molar-refractivity contribution is -0.153. The van der Waals surface area contributed by atoms with Gasteiger partial charge in [-0.15, -0.1) is 0 Å². The van der Waals surface area contributed by atoms with Gasteiger partial charge in [0.15, 0.2) is 0 Å². The first kappa shape index (κ1) is 11.3. The lowest BCUT2D eigenvalue weighted by Gasteiger charge is -2.20. The number of allylic oxidation sites excluding steroid dienone is 1. The van der Waals surface area contributed by atoms with Crippen molar-refractivity contribution in [3.05, 3.63) is 11.6 Å². The summed E-state index contributed by atoms with van der Waals surface area (Å²) < 4.78 is 5.26. The molecule has 0 saturated heterocycles. The lowest BCUT2D eigenvalue weighted by Crippen LogP contribution is -2.24. The van der Waals surface area contributed by atoms with E-state index in [1.165, 1.54) is 18.4 Å². The molecule has 1 aliphatic carbocycles. The van der Waals surface area contributed by atoms with Crippen molar-refractivity contribution in [3.8, 4) is 0 Å². The number of hydrogen-bond donors (Lipinski definition) is 0. The molecule has 1 aliphatic rings. The Balaban J connectivity index is 2.36. The number of rotatable bonds is 2. The monoisotopic (exact) mass is 196 g/mol. The van der Waals surface area contributed by atoms with Gasteiger partial charge in [0.1, 0.15) is 5.60 Å². The molecular weight excluding hydrogens is 176 g/mol. The minimum absolute atomic E-state index is 0.0920. The molecule has 0 aromatic carbocycles. The average Bonchev–Trinajstić information content (AvgIpc) is 2.02. The Morgan fingerprint density at radius 2 is 2.14 bits per heavy atom. The molecule has 0 aliphatic heterocycles. The number of carbonyl (C=O) groups excluding carboxylic acids is 1. The third-order valence-corrected chi connectivity index (χ3v) is 2.18. The van der Waals surface area contributed by atoms with E-state index in [0.29, 0.717) is 6.42 Å². The van der Waals surface area contributed by atoms with E-state index in [-0.39, 0.29) is 11.6 Å². The van der Waals surface area contributed by atoms with Gasteiger partial charge in [-0.25, -0.2) is 0 Å². The van der Waals surface area contributed by atoms with E-state index >= 15 is 0 Å². The molecule has 0 fully saturated rings. The zero-order valence-electron chi connectivity index (χ0n) is 9.43. The van der Waals surface area contributed by atoms with Crippen molar-refractivity contribution in [1.29, 1.82) is 0 Å². The van der Waals surface area contributed by atoms with E-state index in [2.05, 4.69) is 6.08 Å². The summed E-state index contributed by atoms with van der Waals surface area (Å²) in [5, 5.41) is 0. The number of ether oxygens (including phenoxy) is 1. The van der Waals surface area contributed by atoms with Gasteiger partial charge in [0, 0.05) is 0 Å². The average molecular weight is 196 g/mol. The van der Waals surface area contributed by atoms with Gasteiger partial charge in [0.05, 0.1) is 6.42 Å². The van der Waals surface area contributed by atoms with Gasteiger partial charge in [0.25, 0.3) is 0 Å². The first-order valence-corrected chi connectivity index (χ1v) is 5.37. The van der Waals surface area contributed by atoms with E-state index < -0.39 is 0 Å². The maximum absolute atomic E-state index is 11.5. The molecule has 14 heavy (non-hydrogen) atoms. The van der Waals surface area contributed by atoms with Crippen LogP contribution in [0.25, 0.3) is 0 Å². The quantitative estimate of drug-likeness (QED) is 0.500. The SMILES string of the molecule is CC(C)(C)OC(=O)CC1=CCCCC1. The Labute approximate surface area is 86.3 Å². The van der Waals surface area contributed by atoms with Crippen LogP contribution in [0, 0.1) is 0 Å². The number of esters is 1. The van der Waals surface area contributed by atoms with Gasteiger partial charge in [-0.1, -0.05) is 11.6 Å². The molecule has 0 radical (unpaired) electrons. The first-order chi connectivity index (χ1) is 6.47. The molecule has 0 aromatic rings. The fraction of sp³-hybridized carbons (Fsp3) is 0.750. The van der Waals surface area contributed by atoms with E-state index in [9.17, 15) is 4.79 Å². The summed E-state index contributed by atoms with van der Waals surface area (Å²) in [6, 6.07) is 0. The summed E-state index contributed by atoms with van der Waals surface area (Å²) in [4.78, 5) is 11.5. The van der Waals surface area contributed by atoms with Crippen molar-refractivity contribution in [1.82, 2.24) is 0 Å². The minimum Gasteiger partial charge on any atom is -0.460 e. The second kappa shape index (κ2) is 4.63. The normalized spacial score (nSPS) is 17.5. The molecule has 0 spiro atoms. The third-order valence-electron chi connectivity index (χ3n) is 2.18. The van der Waals surface area contributed by atoms with Crippen LogP contribution in [0.2, 0.25) is 0 Å². The predicted molar refractivity (Wildman–Crippen MR) is 57.0 cm³/mol. The van der Waals surface area contributed by atoms with Gasteiger partial charge in [-0.2, -0.15) is 0 Å². The standard InChI is InChI=1S/C12H20O2/c1-12(2,3)14-11(13)9-10-7-5-4-6-8-10/h7H,4-6,8-9H2,1-3H3. The van der Waals surface area contributed by atoms with Crippen molar-refractivity contribution in [2.45, 2.75) is 58.5 Å². The van der Waals surface area contributed by atoms with Crippen LogP contribution in [-0.4, -0.2) is 11.6 Å². The van der Waals surface area contributed by atoms with Gasteiger partial charge >= 0.3 is 5.97 Å². The maximum Gasteiger partial charge on any atom is 0.310 e. The van der Waals surface area contributed by atoms with Crippen molar-refractivity contribution in [2.24, 2.45) is 0 Å². The van der Waals surface area contributed by atoms with E-state index in [1.807, 2.05) is 20.8 Å². The van der Waals surface area contributed by atoms with Crippen LogP contribution in [0.4, 0.5) is 0 Å². The van der Waals surface area contributed by atoms with Gasteiger partial charge < -0.3 is 4.74 Å². The zero-order valence-corrected chi connectivity index (χ0v) is 9.43. The summed E-state index contributed by atoms with van der Waals surface area (Å²) in [7, 11) is 0. The zero-order chi connectivity index (χ0) is 10.6. The summed E-state index contributed by atoms with van der Waals surface area (Å²) in [6.07, 6.45) is 7.34. The molecule has 0 bridgehead atoms. The smallest absolute Gasteiger partial charge is 0.310 e. The third kappa shape index (κ3) is 4.45. The molecule has 0 unspecified atom stereocenters. The van der Waals surface area contributed by atoms with Crippen molar-refractivity contribution >= 4 is 5.97 Å². The van der Waals surface area contributed by atoms with Crippen LogP contribution >= 0.6 is 0 Å². The molecule has 80 valence electrons. The maximum atomic E-state index is 11.5. The Morgan fingerprint density at radius 3 is 2.64 bits per heavy atom. The fourth-order valence-electron chi connectivity index (χ4n) is 1.63. The molecule has 0 aromatic heterocycles. The van der Waals surface area contributed by atoms with E-state index in [1.54, 1.807) is 0 Å². The highest BCUT2D eigenvalue weighted by molar-refractivity contribution is 5.72. The molecule has 0 atom stereocenters. The highest BCUT2D eigenvalue weighted by atomic mass is 16.6. The fourth-order valence-corrected chi connectivity index (χ4v) is 1.63. The van der Waals surface area contributed by atoms with Crippen LogP contribution in [-0.2, 0) is 9.53 Å². The molecule has 0 saturated carbocycles. The lowest BCUT2D eigenvalue weighted by atomic mass is 9.97. The summed E-state index contributed by atoms with van der Waals surface area (Å²) in [6.45, 7) is 5.71. The van der Waals surface area contributed by atoms with Crippen LogP contribution in [0.1, 0.15) is 52.9 Å². The predicted octanol–water partition coefficient (Wildman–Crippen LogP) is 3.22. The minimum atomic E-state index is -0.355. The highest BCUT2D eigenvalue weighted by Crippen LogP contribution is 2.21. The Morgan fingerprint density at radius 1 is 1.43 bits per heavy atom. The molecule has 0 heterocycles. The molecule has 2 nitrogen and oxygen atoms in total. The Hall–Kier alpha value is -0.790. The van der Waals surface area contributed by atoms with E-state index in [4.69, 9.17) is 4.74 Å². The molecular formula is C12H20O2. The molecule has 2 heteroatoms. The van der Waals surface area contributed by atoms with Crippen LogP contribution < -0.4 is 0 Å². The largest absolute Gasteiger partial charge is 0.460 e. The summed E-state index contributed by atoms with van der Waals surface area (Å²) >= 11 is 0. The second-order valence-corrected chi connectivity index (χ2v) is 4.87. The number of hydrogen-bond acceptors (Lipinski definition) is 2.